The first-order chi connectivity index (χ1) is 15.9. The molecule has 0 bridgehead atoms. The highest BCUT2D eigenvalue weighted by Crippen LogP contribution is 2.24. The molecule has 0 aromatic heterocycles. The van der Waals surface area contributed by atoms with E-state index in [2.05, 4.69) is 5.32 Å². The van der Waals surface area contributed by atoms with Crippen molar-refractivity contribution < 1.29 is 18.0 Å². The minimum absolute atomic E-state index is 0.0548. The predicted octanol–water partition coefficient (Wildman–Crippen LogP) is 4.34. The van der Waals surface area contributed by atoms with Gasteiger partial charge in [0.25, 0.3) is 0 Å². The summed E-state index contributed by atoms with van der Waals surface area (Å²) in [7, 11) is -3.82. The van der Waals surface area contributed by atoms with Crippen LogP contribution in [0.25, 0.3) is 0 Å². The summed E-state index contributed by atoms with van der Waals surface area (Å²) in [6.45, 7) is 5.78. The first kappa shape index (κ1) is 28.0. The molecule has 34 heavy (non-hydrogen) atoms. The van der Waals surface area contributed by atoms with Crippen LogP contribution in [0.15, 0.2) is 48.5 Å². The van der Waals surface area contributed by atoms with Crippen LogP contribution in [0, 0.1) is 5.92 Å². The van der Waals surface area contributed by atoms with E-state index in [9.17, 15) is 18.0 Å². The molecule has 0 spiro atoms. The molecule has 1 unspecified atom stereocenters. The summed E-state index contributed by atoms with van der Waals surface area (Å²) in [6, 6.07) is 12.5. The molecule has 0 saturated carbocycles. The summed E-state index contributed by atoms with van der Waals surface area (Å²) >= 11 is 12.4. The number of carbonyl (C=O) groups is 2. The maximum absolute atomic E-state index is 13.6. The Morgan fingerprint density at radius 2 is 1.74 bits per heavy atom. The zero-order valence-corrected chi connectivity index (χ0v) is 22.1. The molecular weight excluding hydrogens is 497 g/mol. The Hall–Kier alpha value is -2.29. The SMILES string of the molecule is CCC(C(=O)NCC(C)C)N(Cc1ccccc1Cl)C(=O)CN(c1cccc(Cl)c1)S(C)(=O)=O. The molecular formula is C24H31Cl2N3O4S. The number of hydrogen-bond acceptors (Lipinski definition) is 4. The highest BCUT2D eigenvalue weighted by molar-refractivity contribution is 7.92. The Labute approximate surface area is 212 Å². The van der Waals surface area contributed by atoms with Crippen molar-refractivity contribution in [2.24, 2.45) is 5.92 Å². The zero-order valence-electron chi connectivity index (χ0n) is 19.8. The number of anilines is 1. The van der Waals surface area contributed by atoms with E-state index in [1.165, 1.54) is 11.0 Å². The molecule has 0 aliphatic heterocycles. The summed E-state index contributed by atoms with van der Waals surface area (Å²) in [4.78, 5) is 28.0. The minimum atomic E-state index is -3.82. The third kappa shape index (κ3) is 7.89. The molecule has 2 amide bonds. The quantitative estimate of drug-likeness (QED) is 0.470. The van der Waals surface area contributed by atoms with Gasteiger partial charge in [-0.3, -0.25) is 13.9 Å². The van der Waals surface area contributed by atoms with Crippen LogP contribution in [0.1, 0.15) is 32.8 Å². The van der Waals surface area contributed by atoms with Crippen molar-refractivity contribution in [3.05, 3.63) is 64.1 Å². The summed E-state index contributed by atoms with van der Waals surface area (Å²) in [5.41, 5.74) is 0.916. The molecule has 0 fully saturated rings. The Bertz CT molecular complexity index is 1110. The van der Waals surface area contributed by atoms with Crippen LogP contribution in [0.2, 0.25) is 10.0 Å². The van der Waals surface area contributed by atoms with Crippen LogP contribution < -0.4 is 9.62 Å². The standard InChI is InChI=1S/C24H31Cl2N3O4S/c1-5-22(24(31)27-14-17(2)3)28(15-18-9-6-7-12-21(18)26)23(30)16-29(34(4,32)33)20-11-8-10-19(25)13-20/h6-13,17,22H,5,14-16H2,1-4H3,(H,27,31). The maximum Gasteiger partial charge on any atom is 0.244 e. The Morgan fingerprint density at radius 3 is 2.29 bits per heavy atom. The molecule has 2 aromatic carbocycles. The monoisotopic (exact) mass is 527 g/mol. The lowest BCUT2D eigenvalue weighted by Gasteiger charge is -2.33. The number of halogens is 2. The number of carbonyl (C=O) groups excluding carboxylic acids is 2. The molecule has 0 radical (unpaired) electrons. The van der Waals surface area contributed by atoms with Crippen LogP contribution in [0.4, 0.5) is 5.69 Å². The summed E-state index contributed by atoms with van der Waals surface area (Å²) in [6.07, 6.45) is 1.36. The van der Waals surface area contributed by atoms with Gasteiger partial charge in [-0.2, -0.15) is 0 Å². The van der Waals surface area contributed by atoms with E-state index >= 15 is 0 Å². The number of benzene rings is 2. The first-order valence-electron chi connectivity index (χ1n) is 11.0. The van der Waals surface area contributed by atoms with E-state index in [4.69, 9.17) is 23.2 Å². The van der Waals surface area contributed by atoms with Crippen molar-refractivity contribution in [1.82, 2.24) is 10.2 Å². The molecule has 0 aliphatic rings. The normalized spacial score (nSPS) is 12.3. The van der Waals surface area contributed by atoms with Gasteiger partial charge in [-0.15, -0.1) is 0 Å². The lowest BCUT2D eigenvalue weighted by Crippen LogP contribution is -2.52. The Kier molecular flexibility index (Phi) is 10.2. The van der Waals surface area contributed by atoms with Gasteiger partial charge in [-0.1, -0.05) is 68.2 Å². The van der Waals surface area contributed by atoms with Crippen molar-refractivity contribution in [3.63, 3.8) is 0 Å². The van der Waals surface area contributed by atoms with E-state index in [1.54, 1.807) is 49.4 Å². The Morgan fingerprint density at radius 1 is 1.06 bits per heavy atom. The Balaban J connectivity index is 2.43. The maximum atomic E-state index is 13.6. The van der Waals surface area contributed by atoms with E-state index in [-0.39, 0.29) is 24.1 Å². The average Bonchev–Trinajstić information content (AvgIpc) is 2.76. The van der Waals surface area contributed by atoms with Gasteiger partial charge in [-0.25, -0.2) is 8.42 Å². The van der Waals surface area contributed by atoms with Gasteiger partial charge in [0.15, 0.2) is 0 Å². The molecule has 1 N–H and O–H groups in total. The molecule has 0 aliphatic carbocycles. The van der Waals surface area contributed by atoms with Crippen molar-refractivity contribution >= 4 is 50.7 Å². The lowest BCUT2D eigenvalue weighted by molar-refractivity contribution is -0.140. The number of nitrogens with zero attached hydrogens (tertiary/aromatic N) is 2. The number of hydrogen-bond donors (Lipinski definition) is 1. The smallest absolute Gasteiger partial charge is 0.244 e. The van der Waals surface area contributed by atoms with Crippen LogP contribution in [-0.4, -0.2) is 50.5 Å². The fourth-order valence-corrected chi connectivity index (χ4v) is 4.62. The third-order valence-corrected chi connectivity index (χ3v) is 6.89. The average molecular weight is 529 g/mol. The molecule has 7 nitrogen and oxygen atoms in total. The van der Waals surface area contributed by atoms with Gasteiger partial charge in [-0.05, 0) is 42.2 Å². The van der Waals surface area contributed by atoms with Crippen molar-refractivity contribution in [2.75, 3.05) is 23.7 Å². The van der Waals surface area contributed by atoms with Crippen LogP contribution in [0.3, 0.4) is 0 Å². The minimum Gasteiger partial charge on any atom is -0.354 e. The van der Waals surface area contributed by atoms with Gasteiger partial charge in [0.2, 0.25) is 21.8 Å². The third-order valence-electron chi connectivity index (χ3n) is 5.14. The topological polar surface area (TPSA) is 86.8 Å². The number of amides is 2. The van der Waals surface area contributed by atoms with Crippen molar-refractivity contribution in [3.8, 4) is 0 Å². The second kappa shape index (κ2) is 12.4. The van der Waals surface area contributed by atoms with Gasteiger partial charge in [0.1, 0.15) is 12.6 Å². The van der Waals surface area contributed by atoms with Gasteiger partial charge in [0.05, 0.1) is 11.9 Å². The first-order valence-corrected chi connectivity index (χ1v) is 13.6. The number of sulfonamides is 1. The van der Waals surface area contributed by atoms with E-state index in [1.807, 2.05) is 13.8 Å². The molecule has 0 heterocycles. The molecule has 186 valence electrons. The highest BCUT2D eigenvalue weighted by Gasteiger charge is 2.32. The fraction of sp³-hybridized carbons (Fsp3) is 0.417. The second-order valence-corrected chi connectivity index (χ2v) is 11.2. The van der Waals surface area contributed by atoms with E-state index < -0.39 is 28.5 Å². The predicted molar refractivity (Wildman–Crippen MR) is 138 cm³/mol. The summed E-state index contributed by atoms with van der Waals surface area (Å²) in [5.74, 6) is -0.597. The number of nitrogens with one attached hydrogen (secondary N) is 1. The van der Waals surface area contributed by atoms with Crippen molar-refractivity contribution in [1.29, 1.82) is 0 Å². The van der Waals surface area contributed by atoms with Crippen molar-refractivity contribution in [2.45, 2.75) is 39.8 Å². The second-order valence-electron chi connectivity index (χ2n) is 8.43. The molecule has 2 rings (SSSR count). The van der Waals surface area contributed by atoms with E-state index in [0.29, 0.717) is 28.6 Å². The van der Waals surface area contributed by atoms with Crippen LogP contribution in [-0.2, 0) is 26.2 Å². The highest BCUT2D eigenvalue weighted by atomic mass is 35.5. The van der Waals surface area contributed by atoms with E-state index in [0.717, 1.165) is 10.6 Å². The van der Waals surface area contributed by atoms with Crippen LogP contribution >= 0.6 is 23.2 Å². The molecule has 2 aromatic rings. The number of rotatable bonds is 11. The lowest BCUT2D eigenvalue weighted by atomic mass is 10.1. The molecule has 10 heteroatoms. The zero-order chi connectivity index (χ0) is 25.5. The summed E-state index contributed by atoms with van der Waals surface area (Å²) < 4.78 is 26.1. The van der Waals surface area contributed by atoms with Gasteiger partial charge < -0.3 is 10.2 Å². The summed E-state index contributed by atoms with van der Waals surface area (Å²) in [5, 5.41) is 3.67. The largest absolute Gasteiger partial charge is 0.354 e. The fourth-order valence-electron chi connectivity index (χ4n) is 3.40. The van der Waals surface area contributed by atoms with Crippen LogP contribution in [0.5, 0.6) is 0 Å². The molecule has 0 saturated heterocycles. The van der Waals surface area contributed by atoms with Gasteiger partial charge >= 0.3 is 0 Å². The molecule has 1 atom stereocenters. The van der Waals surface area contributed by atoms with Gasteiger partial charge in [0, 0.05) is 23.1 Å².